The van der Waals surface area contributed by atoms with Crippen LogP contribution in [0.3, 0.4) is 0 Å². The average Bonchev–Trinajstić information content (AvgIpc) is 3.05. The average molecular weight is 412 g/mol. The fourth-order valence-corrected chi connectivity index (χ4v) is 4.22. The number of carbonyl (C=O) groups excluding carboxylic acids is 1. The Bertz CT molecular complexity index is 861. The quantitative estimate of drug-likeness (QED) is 0.762. The molecule has 1 saturated heterocycles. The van der Waals surface area contributed by atoms with Gasteiger partial charge in [0, 0.05) is 25.0 Å². The number of aryl methyl sites for hydroxylation is 1. The van der Waals surface area contributed by atoms with Crippen LogP contribution in [0.25, 0.3) is 0 Å². The summed E-state index contributed by atoms with van der Waals surface area (Å²) in [6.07, 6.45) is 3.72. The molecule has 9 heteroatoms. The van der Waals surface area contributed by atoms with Crippen LogP contribution in [0, 0.1) is 12.8 Å². The van der Waals surface area contributed by atoms with Gasteiger partial charge in [-0.2, -0.15) is 0 Å². The smallest absolute Gasteiger partial charge is 0.251 e. The number of nitrogens with zero attached hydrogens (tertiary/aromatic N) is 2. The predicted molar refractivity (Wildman–Crippen MR) is 104 cm³/mol. The number of aliphatic hydroxyl groups is 1. The maximum atomic E-state index is 13.0. The highest BCUT2D eigenvalue weighted by Gasteiger charge is 2.28. The van der Waals surface area contributed by atoms with Gasteiger partial charge in [0.1, 0.15) is 10.4 Å². The minimum absolute atomic E-state index is 0.217. The van der Waals surface area contributed by atoms with Crippen LogP contribution < -0.4 is 10.9 Å². The molecule has 1 amide bonds. The van der Waals surface area contributed by atoms with E-state index in [2.05, 4.69) is 10.3 Å². The Kier molecular flexibility index (Phi) is 6.64. The Labute approximate surface area is 166 Å². The van der Waals surface area contributed by atoms with Gasteiger partial charge in [-0.3, -0.25) is 9.59 Å². The minimum Gasteiger partial charge on any atom is -0.392 e. The molecule has 2 N–H and O–H groups in total. The Morgan fingerprint density at radius 3 is 2.81 bits per heavy atom. The van der Waals surface area contributed by atoms with Crippen LogP contribution >= 0.6 is 22.9 Å². The molecule has 0 aromatic carbocycles. The Balaban J connectivity index is 1.91. The molecule has 1 aliphatic heterocycles. The molecule has 1 atom stereocenters. The number of amides is 1. The number of aliphatic hydroxyl groups excluding tert-OH is 1. The first-order valence-electron chi connectivity index (χ1n) is 8.80. The summed E-state index contributed by atoms with van der Waals surface area (Å²) in [5.74, 6) is -0.00680. The molecule has 2 aromatic heterocycles. The molecular weight excluding hydrogens is 390 g/mol. The van der Waals surface area contributed by atoms with Crippen molar-refractivity contribution in [1.29, 1.82) is 0 Å². The molecule has 1 aliphatic rings. The van der Waals surface area contributed by atoms with Gasteiger partial charge in [-0.15, -0.1) is 0 Å². The topological polar surface area (TPSA) is 93.5 Å². The van der Waals surface area contributed by atoms with E-state index in [1.165, 1.54) is 28.2 Å². The van der Waals surface area contributed by atoms with Crippen molar-refractivity contribution in [2.45, 2.75) is 38.8 Å². The third-order valence-corrected chi connectivity index (χ3v) is 5.75. The number of halogens is 1. The molecule has 1 unspecified atom stereocenters. The molecule has 0 aliphatic carbocycles. The molecule has 0 spiro atoms. The van der Waals surface area contributed by atoms with E-state index < -0.39 is 6.04 Å². The van der Waals surface area contributed by atoms with Gasteiger partial charge >= 0.3 is 0 Å². The lowest BCUT2D eigenvalue weighted by molar-refractivity contribution is -0.120. The molecular formula is C18H22ClN3O4S. The van der Waals surface area contributed by atoms with E-state index in [1.54, 1.807) is 13.0 Å². The molecule has 0 bridgehead atoms. The number of rotatable bonds is 6. The van der Waals surface area contributed by atoms with Crippen molar-refractivity contribution in [3.8, 4) is 0 Å². The fraction of sp³-hybridized carbons (Fsp3) is 0.500. The summed E-state index contributed by atoms with van der Waals surface area (Å²) in [7, 11) is 0. The van der Waals surface area contributed by atoms with Crippen LogP contribution in [0.1, 0.15) is 36.6 Å². The summed E-state index contributed by atoms with van der Waals surface area (Å²) in [6, 6.07) is 2.43. The highest BCUT2D eigenvalue weighted by Crippen LogP contribution is 2.29. The zero-order chi connectivity index (χ0) is 19.4. The van der Waals surface area contributed by atoms with Crippen molar-refractivity contribution < 1.29 is 14.6 Å². The van der Waals surface area contributed by atoms with Crippen molar-refractivity contribution in [1.82, 2.24) is 9.55 Å². The summed E-state index contributed by atoms with van der Waals surface area (Å²) >= 11 is 7.06. The van der Waals surface area contributed by atoms with Crippen LogP contribution in [-0.4, -0.2) is 33.8 Å². The van der Waals surface area contributed by atoms with Crippen molar-refractivity contribution >= 4 is 34.0 Å². The van der Waals surface area contributed by atoms with E-state index in [1.807, 2.05) is 0 Å². The van der Waals surface area contributed by atoms with Gasteiger partial charge in [0.2, 0.25) is 5.91 Å². The maximum absolute atomic E-state index is 13.0. The van der Waals surface area contributed by atoms with Crippen LogP contribution in [0.5, 0.6) is 0 Å². The summed E-state index contributed by atoms with van der Waals surface area (Å²) in [5.41, 5.74) is 0.866. The highest BCUT2D eigenvalue weighted by atomic mass is 35.5. The molecule has 27 heavy (non-hydrogen) atoms. The molecule has 0 saturated carbocycles. The minimum atomic E-state index is -0.670. The van der Waals surface area contributed by atoms with E-state index in [-0.39, 0.29) is 18.1 Å². The lowest BCUT2D eigenvalue weighted by Crippen LogP contribution is -2.36. The lowest BCUT2D eigenvalue weighted by atomic mass is 9.91. The summed E-state index contributed by atoms with van der Waals surface area (Å²) in [5, 5.41) is 12.5. The van der Waals surface area contributed by atoms with Crippen LogP contribution in [0.15, 0.2) is 23.1 Å². The summed E-state index contributed by atoms with van der Waals surface area (Å²) in [4.78, 5) is 29.8. The SMILES string of the molecule is Cc1cc(CO)cc(=O)n1C(CC1CCOCC1)C(=O)Nc1ncc(Cl)s1. The van der Waals surface area contributed by atoms with Gasteiger partial charge in [-0.1, -0.05) is 22.9 Å². The largest absolute Gasteiger partial charge is 0.392 e. The van der Waals surface area contributed by atoms with Gasteiger partial charge < -0.3 is 19.7 Å². The third-order valence-electron chi connectivity index (χ3n) is 4.72. The Morgan fingerprint density at radius 2 is 2.22 bits per heavy atom. The van der Waals surface area contributed by atoms with Crippen molar-refractivity contribution in [2.24, 2.45) is 5.92 Å². The van der Waals surface area contributed by atoms with Gasteiger partial charge in [0.25, 0.3) is 5.56 Å². The maximum Gasteiger partial charge on any atom is 0.251 e. The molecule has 146 valence electrons. The third kappa shape index (κ3) is 4.95. The number of aromatic nitrogens is 2. The van der Waals surface area contributed by atoms with E-state index in [9.17, 15) is 14.7 Å². The van der Waals surface area contributed by atoms with Gasteiger partial charge in [0.15, 0.2) is 5.13 Å². The van der Waals surface area contributed by atoms with Gasteiger partial charge in [0.05, 0.1) is 12.8 Å². The first-order chi connectivity index (χ1) is 13.0. The van der Waals surface area contributed by atoms with Crippen LogP contribution in [-0.2, 0) is 16.1 Å². The Hall–Kier alpha value is -1.74. The first kappa shape index (κ1) is 20.0. The summed E-state index contributed by atoms with van der Waals surface area (Å²) in [6.45, 7) is 2.88. The number of carbonyl (C=O) groups is 1. The number of hydrogen-bond acceptors (Lipinski definition) is 6. The molecule has 3 heterocycles. The number of anilines is 1. The van der Waals surface area contributed by atoms with Crippen molar-refractivity contribution in [2.75, 3.05) is 18.5 Å². The standard InChI is InChI=1S/C18H22ClN3O4S/c1-11-6-13(10-23)8-16(24)22(11)14(7-12-2-4-26-5-3-12)17(25)21-18-20-9-15(19)27-18/h6,8-9,12,14,23H,2-5,7,10H2,1H3,(H,20,21,25). The molecule has 0 radical (unpaired) electrons. The van der Waals surface area contributed by atoms with E-state index in [4.69, 9.17) is 16.3 Å². The Morgan fingerprint density at radius 1 is 1.48 bits per heavy atom. The first-order valence-corrected chi connectivity index (χ1v) is 10.00. The monoisotopic (exact) mass is 411 g/mol. The number of pyridine rings is 1. The molecule has 2 aromatic rings. The number of hydrogen-bond donors (Lipinski definition) is 2. The van der Waals surface area contributed by atoms with Crippen molar-refractivity contribution in [3.63, 3.8) is 0 Å². The molecule has 1 fully saturated rings. The second-order valence-corrected chi connectivity index (χ2v) is 8.30. The second kappa shape index (κ2) is 8.97. The van der Waals surface area contributed by atoms with Gasteiger partial charge in [-0.05, 0) is 43.7 Å². The van der Waals surface area contributed by atoms with Crippen LogP contribution in [0.4, 0.5) is 5.13 Å². The zero-order valence-corrected chi connectivity index (χ0v) is 16.6. The summed E-state index contributed by atoms with van der Waals surface area (Å²) < 4.78 is 7.38. The van der Waals surface area contributed by atoms with E-state index in [0.29, 0.717) is 46.3 Å². The molecule has 3 rings (SSSR count). The fourth-order valence-electron chi connectivity index (χ4n) is 3.40. The van der Waals surface area contributed by atoms with E-state index >= 15 is 0 Å². The second-order valence-electron chi connectivity index (χ2n) is 6.64. The van der Waals surface area contributed by atoms with Crippen LogP contribution in [0.2, 0.25) is 4.34 Å². The van der Waals surface area contributed by atoms with Gasteiger partial charge in [-0.25, -0.2) is 4.98 Å². The normalized spacial score (nSPS) is 16.3. The number of nitrogens with one attached hydrogen (secondary N) is 1. The van der Waals surface area contributed by atoms with E-state index in [0.717, 1.165) is 12.8 Å². The highest BCUT2D eigenvalue weighted by molar-refractivity contribution is 7.19. The predicted octanol–water partition coefficient (Wildman–Crippen LogP) is 2.76. The zero-order valence-electron chi connectivity index (χ0n) is 15.0. The number of ether oxygens (including phenoxy) is 1. The van der Waals surface area contributed by atoms with Crippen molar-refractivity contribution in [3.05, 3.63) is 44.3 Å². The lowest BCUT2D eigenvalue weighted by Gasteiger charge is -2.28. The molecule has 7 nitrogen and oxygen atoms in total. The number of thiazole rings is 1.